The van der Waals surface area contributed by atoms with Gasteiger partial charge in [0, 0.05) is 25.7 Å². The number of carbonyl (C=O) groups is 1. The van der Waals surface area contributed by atoms with Crippen molar-refractivity contribution in [3.05, 3.63) is 0 Å². The molecule has 2 amide bonds. The first-order valence-corrected chi connectivity index (χ1v) is 12.7. The van der Waals surface area contributed by atoms with Gasteiger partial charge in [0.2, 0.25) is 0 Å². The molecule has 0 aliphatic heterocycles. The minimum absolute atomic E-state index is 0.109. The van der Waals surface area contributed by atoms with Crippen molar-refractivity contribution in [3.8, 4) is 0 Å². The van der Waals surface area contributed by atoms with Crippen molar-refractivity contribution >= 4 is 11.7 Å². The third kappa shape index (κ3) is 10.5. The highest BCUT2D eigenvalue weighted by Gasteiger charge is 2.43. The summed E-state index contributed by atoms with van der Waals surface area (Å²) in [6.45, 7) is 2.28. The number of carbonyl (C=O) groups excluding carboxylic acids is 1. The van der Waals surface area contributed by atoms with E-state index in [1.807, 2.05) is 0 Å². The molecule has 2 aliphatic rings. The zero-order valence-corrected chi connectivity index (χ0v) is 19.6. The van der Waals surface area contributed by atoms with E-state index >= 15 is 0 Å². The minimum atomic E-state index is -0.109. The van der Waals surface area contributed by atoms with Crippen LogP contribution in [0.3, 0.4) is 0 Å². The second-order valence-corrected chi connectivity index (χ2v) is 9.75. The van der Waals surface area contributed by atoms with E-state index in [2.05, 4.69) is 17.5 Å². The van der Waals surface area contributed by atoms with Gasteiger partial charge in [0.15, 0.2) is 0 Å². The summed E-state index contributed by atoms with van der Waals surface area (Å²) >= 11 is 0. The van der Waals surface area contributed by atoms with Crippen LogP contribution in [0, 0.1) is 17.8 Å². The Morgan fingerprint density at radius 3 is 1.69 bits per heavy atom. The summed E-state index contributed by atoms with van der Waals surface area (Å²) in [5.74, 6) is 2.33. The van der Waals surface area contributed by atoms with Gasteiger partial charge >= 0.3 is 6.03 Å². The summed E-state index contributed by atoms with van der Waals surface area (Å²) in [5, 5.41) is 4.63. The first-order chi connectivity index (χ1) is 14.1. The average molecular weight is 406 g/mol. The molecule has 1 N–H and O–H groups in total. The molecule has 29 heavy (non-hydrogen) atoms. The van der Waals surface area contributed by atoms with Crippen LogP contribution >= 0.6 is 0 Å². The molecule has 4 nitrogen and oxygen atoms in total. The number of hydrogen-bond acceptors (Lipinski definition) is 2. The monoisotopic (exact) mass is 405 g/mol. The van der Waals surface area contributed by atoms with E-state index in [-0.39, 0.29) is 6.03 Å². The van der Waals surface area contributed by atoms with Gasteiger partial charge in [0.25, 0.3) is 0 Å². The Labute approximate surface area is 180 Å². The Balaban J connectivity index is 1.60. The fourth-order valence-corrected chi connectivity index (χ4v) is 4.50. The molecule has 2 saturated carbocycles. The first kappa shape index (κ1) is 24.2. The number of unbranched alkanes of at least 4 members (excludes halogenated alkanes) is 11. The number of rotatable bonds is 17. The standard InChI is InChI=1S/C25H47N3O/c1-4-5-6-7-8-9-10-11-12-13-14-15-16-23(26-27-25(29)28(2)3)24(21-17-18-21)22-19-20-22/h21-22,24H,4-20H2,1-3H3,(H,27,29). The van der Waals surface area contributed by atoms with E-state index in [4.69, 9.17) is 0 Å². The maximum absolute atomic E-state index is 11.9. The highest BCUT2D eigenvalue weighted by molar-refractivity contribution is 5.89. The van der Waals surface area contributed by atoms with E-state index in [9.17, 15) is 4.79 Å². The van der Waals surface area contributed by atoms with Crippen molar-refractivity contribution in [1.82, 2.24) is 10.3 Å². The Morgan fingerprint density at radius 2 is 1.28 bits per heavy atom. The number of hydrazone groups is 1. The molecule has 0 spiro atoms. The lowest BCUT2D eigenvalue weighted by atomic mass is 9.89. The van der Waals surface area contributed by atoms with Gasteiger partial charge in [-0.05, 0) is 50.4 Å². The summed E-state index contributed by atoms with van der Waals surface area (Å²) in [7, 11) is 3.55. The number of urea groups is 1. The van der Waals surface area contributed by atoms with Crippen LogP contribution in [0.15, 0.2) is 5.10 Å². The van der Waals surface area contributed by atoms with E-state index in [1.54, 1.807) is 19.0 Å². The third-order valence-electron chi connectivity index (χ3n) is 6.63. The summed E-state index contributed by atoms with van der Waals surface area (Å²) in [4.78, 5) is 13.5. The number of nitrogens with one attached hydrogen (secondary N) is 1. The Morgan fingerprint density at radius 1 is 0.828 bits per heavy atom. The molecular formula is C25H47N3O. The van der Waals surface area contributed by atoms with Crippen LogP contribution < -0.4 is 5.43 Å². The molecule has 0 radical (unpaired) electrons. The van der Waals surface area contributed by atoms with E-state index in [1.165, 1.54) is 108 Å². The van der Waals surface area contributed by atoms with Crippen LogP contribution in [0.4, 0.5) is 4.79 Å². The van der Waals surface area contributed by atoms with Crippen LogP contribution in [0.25, 0.3) is 0 Å². The van der Waals surface area contributed by atoms with Crippen LogP contribution in [-0.2, 0) is 0 Å². The van der Waals surface area contributed by atoms with Crippen molar-refractivity contribution in [2.75, 3.05) is 14.1 Å². The van der Waals surface area contributed by atoms with E-state index in [0.717, 1.165) is 18.3 Å². The van der Waals surface area contributed by atoms with Gasteiger partial charge in [-0.15, -0.1) is 0 Å². The number of amides is 2. The maximum atomic E-state index is 11.9. The van der Waals surface area contributed by atoms with Gasteiger partial charge in [-0.2, -0.15) is 5.10 Å². The third-order valence-corrected chi connectivity index (χ3v) is 6.63. The van der Waals surface area contributed by atoms with Crippen molar-refractivity contribution < 1.29 is 4.79 Å². The minimum Gasteiger partial charge on any atom is -0.329 e. The normalized spacial score (nSPS) is 17.0. The first-order valence-electron chi connectivity index (χ1n) is 12.7. The fraction of sp³-hybridized carbons (Fsp3) is 0.920. The molecule has 2 fully saturated rings. The Hall–Kier alpha value is -1.06. The summed E-state index contributed by atoms with van der Waals surface area (Å²) in [5.41, 5.74) is 4.09. The molecule has 0 saturated heterocycles. The highest BCUT2D eigenvalue weighted by atomic mass is 16.2. The zero-order valence-electron chi connectivity index (χ0n) is 19.6. The smallest absolute Gasteiger partial charge is 0.329 e. The molecule has 0 heterocycles. The molecule has 2 rings (SSSR count). The van der Waals surface area contributed by atoms with Crippen molar-refractivity contribution in [2.24, 2.45) is 22.9 Å². The summed E-state index contributed by atoms with van der Waals surface area (Å²) in [6, 6.07) is -0.109. The lowest BCUT2D eigenvalue weighted by Crippen LogP contribution is -2.33. The van der Waals surface area contributed by atoms with Gasteiger partial charge in [-0.25, -0.2) is 10.2 Å². The fourth-order valence-electron chi connectivity index (χ4n) is 4.50. The second kappa shape index (κ2) is 14.0. The topological polar surface area (TPSA) is 44.7 Å². The summed E-state index contributed by atoms with van der Waals surface area (Å²) in [6.07, 6.45) is 23.1. The SMILES string of the molecule is CCCCCCCCCCCCCCC(=NNC(=O)N(C)C)C(C1CC1)C1CC1. The molecule has 0 bridgehead atoms. The van der Waals surface area contributed by atoms with Crippen LogP contribution in [0.2, 0.25) is 0 Å². The predicted molar refractivity (Wildman–Crippen MR) is 124 cm³/mol. The van der Waals surface area contributed by atoms with Gasteiger partial charge in [-0.1, -0.05) is 77.6 Å². The van der Waals surface area contributed by atoms with Crippen LogP contribution in [0.1, 0.15) is 116 Å². The van der Waals surface area contributed by atoms with Crippen LogP contribution in [0.5, 0.6) is 0 Å². The largest absolute Gasteiger partial charge is 0.337 e. The van der Waals surface area contributed by atoms with Gasteiger partial charge < -0.3 is 4.90 Å². The zero-order chi connectivity index (χ0) is 20.9. The molecule has 168 valence electrons. The molecular weight excluding hydrogens is 358 g/mol. The lowest BCUT2D eigenvalue weighted by molar-refractivity contribution is 0.218. The van der Waals surface area contributed by atoms with E-state index < -0.39 is 0 Å². The lowest BCUT2D eigenvalue weighted by Gasteiger charge is -2.19. The van der Waals surface area contributed by atoms with Gasteiger partial charge in [-0.3, -0.25) is 0 Å². The van der Waals surface area contributed by atoms with Gasteiger partial charge in [0.05, 0.1) is 0 Å². The quantitative estimate of drug-likeness (QED) is 0.156. The Bertz CT molecular complexity index is 468. The second-order valence-electron chi connectivity index (χ2n) is 9.75. The molecule has 0 aromatic heterocycles. The van der Waals surface area contributed by atoms with Gasteiger partial charge in [0.1, 0.15) is 0 Å². The average Bonchev–Trinajstić information content (AvgIpc) is 3.61. The Kier molecular flexibility index (Phi) is 11.7. The predicted octanol–water partition coefficient (Wildman–Crippen LogP) is 7.14. The molecule has 0 unspecified atom stereocenters. The maximum Gasteiger partial charge on any atom is 0.337 e. The van der Waals surface area contributed by atoms with Crippen molar-refractivity contribution in [3.63, 3.8) is 0 Å². The molecule has 2 aliphatic carbocycles. The van der Waals surface area contributed by atoms with E-state index in [0.29, 0.717) is 5.92 Å². The molecule has 0 aromatic carbocycles. The summed E-state index contributed by atoms with van der Waals surface area (Å²) < 4.78 is 0. The number of hydrogen-bond donors (Lipinski definition) is 1. The van der Waals surface area contributed by atoms with Crippen molar-refractivity contribution in [1.29, 1.82) is 0 Å². The molecule has 0 atom stereocenters. The number of nitrogens with zero attached hydrogens (tertiary/aromatic N) is 2. The molecule has 0 aromatic rings. The molecule has 4 heteroatoms. The van der Waals surface area contributed by atoms with Crippen molar-refractivity contribution in [2.45, 2.75) is 116 Å². The van der Waals surface area contributed by atoms with Crippen LogP contribution in [-0.4, -0.2) is 30.7 Å². The highest BCUT2D eigenvalue weighted by Crippen LogP contribution is 2.50.